The lowest BCUT2D eigenvalue weighted by atomic mass is 9.84. The SMILES string of the molecule is CC1CC(O)(Cc2ccoc2)CCN1. The molecule has 0 bridgehead atoms. The van der Waals surface area contributed by atoms with Gasteiger partial charge in [0, 0.05) is 12.5 Å². The third kappa shape index (κ3) is 2.16. The van der Waals surface area contributed by atoms with Gasteiger partial charge < -0.3 is 14.8 Å². The van der Waals surface area contributed by atoms with Crippen molar-refractivity contribution in [2.24, 2.45) is 0 Å². The highest BCUT2D eigenvalue weighted by Gasteiger charge is 2.32. The van der Waals surface area contributed by atoms with Gasteiger partial charge in [-0.05, 0) is 37.9 Å². The van der Waals surface area contributed by atoms with E-state index in [2.05, 4.69) is 12.2 Å². The molecule has 1 aromatic heterocycles. The van der Waals surface area contributed by atoms with Crippen LogP contribution in [0.4, 0.5) is 0 Å². The summed E-state index contributed by atoms with van der Waals surface area (Å²) in [5.74, 6) is 0. The topological polar surface area (TPSA) is 45.4 Å². The number of piperidine rings is 1. The van der Waals surface area contributed by atoms with E-state index >= 15 is 0 Å². The maximum absolute atomic E-state index is 10.3. The molecule has 78 valence electrons. The predicted octanol–water partition coefficient (Wildman–Crippen LogP) is 1.33. The second-order valence-corrected chi connectivity index (χ2v) is 4.34. The fourth-order valence-electron chi connectivity index (χ4n) is 2.23. The third-order valence-corrected chi connectivity index (χ3v) is 2.88. The zero-order chi connectivity index (χ0) is 10.0. The van der Waals surface area contributed by atoms with Crippen molar-refractivity contribution >= 4 is 0 Å². The number of aliphatic hydroxyl groups is 1. The van der Waals surface area contributed by atoms with Crippen LogP contribution in [0.3, 0.4) is 0 Å². The van der Waals surface area contributed by atoms with E-state index in [-0.39, 0.29) is 0 Å². The Kier molecular flexibility index (Phi) is 2.61. The first-order chi connectivity index (χ1) is 6.68. The van der Waals surface area contributed by atoms with Crippen molar-refractivity contribution in [3.63, 3.8) is 0 Å². The molecule has 1 fully saturated rings. The molecule has 2 N–H and O–H groups in total. The van der Waals surface area contributed by atoms with Crippen LogP contribution in [0.2, 0.25) is 0 Å². The van der Waals surface area contributed by atoms with Gasteiger partial charge in [0.15, 0.2) is 0 Å². The third-order valence-electron chi connectivity index (χ3n) is 2.88. The van der Waals surface area contributed by atoms with Crippen molar-refractivity contribution < 1.29 is 9.52 Å². The van der Waals surface area contributed by atoms with Crippen molar-refractivity contribution in [1.82, 2.24) is 5.32 Å². The van der Waals surface area contributed by atoms with E-state index in [0.717, 1.165) is 24.9 Å². The molecule has 0 aliphatic carbocycles. The molecule has 1 aliphatic heterocycles. The molecule has 0 saturated carbocycles. The highest BCUT2D eigenvalue weighted by atomic mass is 16.3. The van der Waals surface area contributed by atoms with Gasteiger partial charge in [0.05, 0.1) is 18.1 Å². The fourth-order valence-corrected chi connectivity index (χ4v) is 2.23. The van der Waals surface area contributed by atoms with E-state index < -0.39 is 5.60 Å². The van der Waals surface area contributed by atoms with Crippen LogP contribution in [0.15, 0.2) is 23.0 Å². The summed E-state index contributed by atoms with van der Waals surface area (Å²) in [5.41, 5.74) is 0.538. The van der Waals surface area contributed by atoms with E-state index in [4.69, 9.17) is 4.42 Å². The van der Waals surface area contributed by atoms with Gasteiger partial charge >= 0.3 is 0 Å². The summed E-state index contributed by atoms with van der Waals surface area (Å²) in [6.45, 7) is 3.01. The first-order valence-corrected chi connectivity index (χ1v) is 5.15. The lowest BCUT2D eigenvalue weighted by Crippen LogP contribution is -2.47. The zero-order valence-electron chi connectivity index (χ0n) is 8.49. The average molecular weight is 195 g/mol. The molecular weight excluding hydrogens is 178 g/mol. The highest BCUT2D eigenvalue weighted by Crippen LogP contribution is 2.25. The molecule has 2 rings (SSSR count). The van der Waals surface area contributed by atoms with Crippen LogP contribution < -0.4 is 5.32 Å². The Balaban J connectivity index is 2.01. The molecule has 0 radical (unpaired) electrons. The summed E-state index contributed by atoms with van der Waals surface area (Å²) in [6, 6.07) is 2.32. The van der Waals surface area contributed by atoms with Crippen LogP contribution in [0, 0.1) is 0 Å². The fraction of sp³-hybridized carbons (Fsp3) is 0.636. The molecule has 14 heavy (non-hydrogen) atoms. The van der Waals surface area contributed by atoms with Crippen LogP contribution in [0.5, 0.6) is 0 Å². The Labute approximate surface area is 84.1 Å². The summed E-state index contributed by atoms with van der Waals surface area (Å²) in [4.78, 5) is 0. The minimum absolute atomic E-state index is 0.403. The monoisotopic (exact) mass is 195 g/mol. The van der Waals surface area contributed by atoms with E-state index in [1.54, 1.807) is 12.5 Å². The van der Waals surface area contributed by atoms with Gasteiger partial charge in [-0.25, -0.2) is 0 Å². The maximum Gasteiger partial charge on any atom is 0.0935 e. The number of nitrogens with one attached hydrogen (secondary N) is 1. The van der Waals surface area contributed by atoms with Crippen LogP contribution in [0.1, 0.15) is 25.3 Å². The number of hydrogen-bond acceptors (Lipinski definition) is 3. The van der Waals surface area contributed by atoms with Crippen molar-refractivity contribution in [3.8, 4) is 0 Å². The molecule has 3 heteroatoms. The van der Waals surface area contributed by atoms with Gasteiger partial charge in [0.1, 0.15) is 0 Å². The molecule has 1 aromatic rings. The highest BCUT2D eigenvalue weighted by molar-refractivity contribution is 5.10. The molecule has 0 spiro atoms. The molecule has 2 heterocycles. The van der Waals surface area contributed by atoms with Gasteiger partial charge in [0.25, 0.3) is 0 Å². The normalized spacial score (nSPS) is 33.1. The van der Waals surface area contributed by atoms with Crippen molar-refractivity contribution in [1.29, 1.82) is 0 Å². The number of furan rings is 1. The number of rotatable bonds is 2. The molecular formula is C11H17NO2. The summed E-state index contributed by atoms with van der Waals surface area (Å²) < 4.78 is 5.00. The maximum atomic E-state index is 10.3. The van der Waals surface area contributed by atoms with Crippen molar-refractivity contribution in [3.05, 3.63) is 24.2 Å². The van der Waals surface area contributed by atoms with Crippen LogP contribution in [0.25, 0.3) is 0 Å². The van der Waals surface area contributed by atoms with Gasteiger partial charge in [-0.3, -0.25) is 0 Å². The van der Waals surface area contributed by atoms with Gasteiger partial charge in [-0.2, -0.15) is 0 Å². The Morgan fingerprint density at radius 2 is 2.57 bits per heavy atom. The summed E-state index contributed by atoms with van der Waals surface area (Å²) >= 11 is 0. The van der Waals surface area contributed by atoms with Crippen molar-refractivity contribution in [2.75, 3.05) is 6.54 Å². The summed E-state index contributed by atoms with van der Waals surface area (Å²) in [5, 5.41) is 13.7. The smallest absolute Gasteiger partial charge is 0.0935 e. The Morgan fingerprint density at radius 3 is 3.21 bits per heavy atom. The summed E-state index contributed by atoms with van der Waals surface area (Å²) in [7, 11) is 0. The molecule has 0 aromatic carbocycles. The van der Waals surface area contributed by atoms with E-state index in [1.807, 2.05) is 6.07 Å². The Hall–Kier alpha value is -0.800. The summed E-state index contributed by atoms with van der Waals surface area (Å²) in [6.07, 6.45) is 5.71. The Morgan fingerprint density at radius 1 is 1.71 bits per heavy atom. The number of hydrogen-bond donors (Lipinski definition) is 2. The Bertz CT molecular complexity index is 283. The second-order valence-electron chi connectivity index (χ2n) is 4.34. The van der Waals surface area contributed by atoms with Crippen molar-refractivity contribution in [2.45, 2.75) is 37.8 Å². The molecule has 1 saturated heterocycles. The molecule has 2 atom stereocenters. The van der Waals surface area contributed by atoms with Gasteiger partial charge in [-0.1, -0.05) is 0 Å². The molecule has 1 aliphatic rings. The zero-order valence-corrected chi connectivity index (χ0v) is 8.49. The lowest BCUT2D eigenvalue weighted by Gasteiger charge is -2.36. The average Bonchev–Trinajstić information content (AvgIpc) is 2.55. The van der Waals surface area contributed by atoms with Crippen LogP contribution in [-0.4, -0.2) is 23.3 Å². The van der Waals surface area contributed by atoms with Crippen LogP contribution in [-0.2, 0) is 6.42 Å². The molecule has 3 nitrogen and oxygen atoms in total. The minimum Gasteiger partial charge on any atom is -0.472 e. The van der Waals surface area contributed by atoms with Gasteiger partial charge in [0.2, 0.25) is 0 Å². The largest absolute Gasteiger partial charge is 0.472 e. The molecule has 0 amide bonds. The second kappa shape index (κ2) is 3.75. The predicted molar refractivity (Wildman–Crippen MR) is 54.1 cm³/mol. The van der Waals surface area contributed by atoms with E-state index in [9.17, 15) is 5.11 Å². The first kappa shape index (κ1) is 9.74. The first-order valence-electron chi connectivity index (χ1n) is 5.15. The molecule has 2 unspecified atom stereocenters. The lowest BCUT2D eigenvalue weighted by molar-refractivity contribution is -0.00136. The standard InChI is InChI=1S/C11H17NO2/c1-9-6-11(13,3-4-12-9)7-10-2-5-14-8-10/h2,5,8-9,12-13H,3-4,6-7H2,1H3. The van der Waals surface area contributed by atoms with Gasteiger partial charge in [-0.15, -0.1) is 0 Å². The quantitative estimate of drug-likeness (QED) is 0.748. The van der Waals surface area contributed by atoms with E-state index in [0.29, 0.717) is 12.5 Å². The van der Waals surface area contributed by atoms with E-state index in [1.165, 1.54) is 0 Å². The minimum atomic E-state index is -0.547. The van der Waals surface area contributed by atoms with Crippen LogP contribution >= 0.6 is 0 Å².